The molecule has 3 aromatic carbocycles. The zero-order valence-electron chi connectivity index (χ0n) is 17.0. The number of carbonyl (C=O) groups excluding carboxylic acids is 2. The van der Waals surface area contributed by atoms with Crippen molar-refractivity contribution in [2.24, 2.45) is 5.73 Å². The van der Waals surface area contributed by atoms with Crippen LogP contribution in [0.5, 0.6) is 5.75 Å². The molecule has 0 aliphatic carbocycles. The summed E-state index contributed by atoms with van der Waals surface area (Å²) in [6.45, 7) is 2.34. The monoisotopic (exact) mass is 473 g/mol. The molecule has 0 atom stereocenters. The fraction of sp³-hybridized carbons (Fsp3) is 0.0909. The Kier molecular flexibility index (Phi) is 7.01. The number of anilines is 2. The number of nitrogens with one attached hydrogen (secondary N) is 2. The van der Waals surface area contributed by atoms with Crippen LogP contribution in [0.2, 0.25) is 5.02 Å². The Labute approximate surface area is 190 Å². The first kappa shape index (κ1) is 23.1. The third-order valence-electron chi connectivity index (χ3n) is 4.35. The summed E-state index contributed by atoms with van der Waals surface area (Å²) in [7, 11) is -4.01. The van der Waals surface area contributed by atoms with Crippen LogP contribution >= 0.6 is 11.6 Å². The van der Waals surface area contributed by atoms with Crippen molar-refractivity contribution in [2.75, 3.05) is 16.6 Å². The fourth-order valence-corrected chi connectivity index (χ4v) is 4.13. The Morgan fingerprint density at radius 3 is 2.34 bits per heavy atom. The molecule has 0 heterocycles. The Morgan fingerprint density at radius 1 is 1.00 bits per heavy atom. The van der Waals surface area contributed by atoms with E-state index in [4.69, 9.17) is 22.1 Å². The molecule has 0 aliphatic heterocycles. The Morgan fingerprint density at radius 2 is 1.69 bits per heavy atom. The van der Waals surface area contributed by atoms with E-state index in [9.17, 15) is 18.0 Å². The van der Waals surface area contributed by atoms with E-state index in [2.05, 4.69) is 10.0 Å². The van der Waals surface area contributed by atoms with E-state index in [1.807, 2.05) is 6.92 Å². The number of carbonyl (C=O) groups is 2. The molecule has 0 fully saturated rings. The van der Waals surface area contributed by atoms with E-state index in [0.29, 0.717) is 18.0 Å². The van der Waals surface area contributed by atoms with Crippen molar-refractivity contribution in [3.05, 3.63) is 82.9 Å². The molecule has 166 valence electrons. The van der Waals surface area contributed by atoms with Crippen molar-refractivity contribution in [3.8, 4) is 5.75 Å². The lowest BCUT2D eigenvalue weighted by atomic mass is 10.1. The van der Waals surface area contributed by atoms with Crippen LogP contribution in [0.15, 0.2) is 71.6 Å². The van der Waals surface area contributed by atoms with Gasteiger partial charge in [0, 0.05) is 5.69 Å². The topological polar surface area (TPSA) is 128 Å². The van der Waals surface area contributed by atoms with Gasteiger partial charge in [-0.3, -0.25) is 14.3 Å². The molecule has 10 heteroatoms. The van der Waals surface area contributed by atoms with Gasteiger partial charge in [0.2, 0.25) is 0 Å². The summed E-state index contributed by atoms with van der Waals surface area (Å²) in [6, 6.07) is 16.3. The van der Waals surface area contributed by atoms with Crippen LogP contribution in [-0.4, -0.2) is 26.8 Å². The molecule has 0 unspecified atom stereocenters. The molecule has 32 heavy (non-hydrogen) atoms. The van der Waals surface area contributed by atoms with Gasteiger partial charge in [-0.1, -0.05) is 23.7 Å². The lowest BCUT2D eigenvalue weighted by Gasteiger charge is -2.12. The maximum absolute atomic E-state index is 12.8. The third kappa shape index (κ3) is 5.37. The zero-order chi connectivity index (χ0) is 23.3. The predicted octanol–water partition coefficient (Wildman–Crippen LogP) is 3.89. The van der Waals surface area contributed by atoms with Gasteiger partial charge < -0.3 is 15.8 Å². The highest BCUT2D eigenvalue weighted by atomic mass is 35.5. The summed E-state index contributed by atoms with van der Waals surface area (Å²) in [6.07, 6.45) is 0. The summed E-state index contributed by atoms with van der Waals surface area (Å²) < 4.78 is 33.4. The zero-order valence-corrected chi connectivity index (χ0v) is 18.5. The van der Waals surface area contributed by atoms with Crippen LogP contribution in [0.1, 0.15) is 27.6 Å². The molecule has 0 bridgehead atoms. The number of halogens is 1. The van der Waals surface area contributed by atoms with Crippen LogP contribution in [0.3, 0.4) is 0 Å². The van der Waals surface area contributed by atoms with Crippen molar-refractivity contribution in [1.82, 2.24) is 0 Å². The van der Waals surface area contributed by atoms with Gasteiger partial charge in [0.1, 0.15) is 5.75 Å². The minimum absolute atomic E-state index is 0.0408. The largest absolute Gasteiger partial charge is 0.494 e. The minimum Gasteiger partial charge on any atom is -0.494 e. The highest BCUT2D eigenvalue weighted by molar-refractivity contribution is 7.92. The Balaban J connectivity index is 1.86. The molecule has 0 radical (unpaired) electrons. The fourth-order valence-electron chi connectivity index (χ4n) is 2.84. The molecule has 0 aliphatic rings. The first-order valence-electron chi connectivity index (χ1n) is 9.46. The van der Waals surface area contributed by atoms with Gasteiger partial charge in [0.25, 0.3) is 21.8 Å². The first-order chi connectivity index (χ1) is 15.2. The molecule has 0 saturated carbocycles. The highest BCUT2D eigenvalue weighted by Gasteiger charge is 2.20. The minimum atomic E-state index is -4.01. The number of primary amides is 1. The summed E-state index contributed by atoms with van der Waals surface area (Å²) in [5.41, 5.74) is 5.86. The smallest absolute Gasteiger partial charge is 0.261 e. The number of ether oxygens (including phenoxy) is 1. The summed E-state index contributed by atoms with van der Waals surface area (Å²) in [5, 5.41) is 2.58. The van der Waals surface area contributed by atoms with Crippen molar-refractivity contribution < 1.29 is 22.7 Å². The van der Waals surface area contributed by atoms with Crippen LogP contribution in [-0.2, 0) is 10.0 Å². The standard InChI is InChI=1S/C22H20ClN3O5S/c1-2-31-15-9-7-14(8-10-15)26-32(29,30)16-11-12-19(23)18(13-16)22(28)25-20-6-4-3-5-17(20)21(24)27/h3-13,26H,2H2,1H3,(H2,24,27)(H,25,28). The number of amides is 2. The highest BCUT2D eigenvalue weighted by Crippen LogP contribution is 2.25. The number of hydrogen-bond donors (Lipinski definition) is 3. The molecular weight excluding hydrogens is 454 g/mol. The second-order valence-electron chi connectivity index (χ2n) is 6.57. The molecule has 0 spiro atoms. The van der Waals surface area contributed by atoms with Gasteiger partial charge >= 0.3 is 0 Å². The van der Waals surface area contributed by atoms with Crippen molar-refractivity contribution >= 4 is 44.8 Å². The normalized spacial score (nSPS) is 10.9. The SMILES string of the molecule is CCOc1ccc(NS(=O)(=O)c2ccc(Cl)c(C(=O)Nc3ccccc3C(N)=O)c2)cc1. The van der Waals surface area contributed by atoms with Gasteiger partial charge in [-0.05, 0) is 61.5 Å². The third-order valence-corrected chi connectivity index (χ3v) is 6.06. The van der Waals surface area contributed by atoms with Crippen LogP contribution < -0.4 is 20.5 Å². The molecule has 0 saturated heterocycles. The lowest BCUT2D eigenvalue weighted by Crippen LogP contribution is -2.19. The van der Waals surface area contributed by atoms with Gasteiger partial charge in [-0.15, -0.1) is 0 Å². The van der Waals surface area contributed by atoms with E-state index in [1.165, 1.54) is 24.3 Å². The molecule has 3 aromatic rings. The van der Waals surface area contributed by atoms with Crippen LogP contribution in [0.4, 0.5) is 11.4 Å². The van der Waals surface area contributed by atoms with Crippen molar-refractivity contribution in [2.45, 2.75) is 11.8 Å². The summed E-state index contributed by atoms with van der Waals surface area (Å²) in [5.74, 6) is -0.804. The number of para-hydroxylation sites is 1. The average Bonchev–Trinajstić information content (AvgIpc) is 2.75. The second-order valence-corrected chi connectivity index (χ2v) is 8.66. The van der Waals surface area contributed by atoms with E-state index < -0.39 is 21.8 Å². The molecular formula is C22H20ClN3O5S. The summed E-state index contributed by atoms with van der Waals surface area (Å²) in [4.78, 5) is 24.2. The van der Waals surface area contributed by atoms with Crippen molar-refractivity contribution in [3.63, 3.8) is 0 Å². The predicted molar refractivity (Wildman–Crippen MR) is 123 cm³/mol. The maximum atomic E-state index is 12.8. The van der Waals surface area contributed by atoms with E-state index in [-0.39, 0.29) is 26.7 Å². The molecule has 0 aromatic heterocycles. The molecule has 3 rings (SSSR count). The van der Waals surface area contributed by atoms with Crippen LogP contribution in [0.25, 0.3) is 0 Å². The first-order valence-corrected chi connectivity index (χ1v) is 11.3. The molecule has 2 amide bonds. The number of rotatable bonds is 8. The number of nitrogens with two attached hydrogens (primary N) is 1. The molecule has 4 N–H and O–H groups in total. The van der Waals surface area contributed by atoms with Crippen LogP contribution in [0, 0.1) is 0 Å². The van der Waals surface area contributed by atoms with E-state index in [1.54, 1.807) is 36.4 Å². The summed E-state index contributed by atoms with van der Waals surface area (Å²) >= 11 is 6.14. The van der Waals surface area contributed by atoms with E-state index in [0.717, 1.165) is 6.07 Å². The van der Waals surface area contributed by atoms with Gasteiger partial charge in [-0.25, -0.2) is 8.42 Å². The maximum Gasteiger partial charge on any atom is 0.261 e. The quantitative estimate of drug-likeness (QED) is 0.457. The molecule has 8 nitrogen and oxygen atoms in total. The van der Waals surface area contributed by atoms with E-state index >= 15 is 0 Å². The average molecular weight is 474 g/mol. The number of hydrogen-bond acceptors (Lipinski definition) is 5. The Bertz CT molecular complexity index is 1260. The van der Waals surface area contributed by atoms with Crippen molar-refractivity contribution in [1.29, 1.82) is 0 Å². The number of benzene rings is 3. The second kappa shape index (κ2) is 9.71. The lowest BCUT2D eigenvalue weighted by molar-refractivity contribution is 0.100. The van der Waals surface area contributed by atoms with Gasteiger partial charge in [0.15, 0.2) is 0 Å². The van der Waals surface area contributed by atoms with Gasteiger partial charge in [-0.2, -0.15) is 0 Å². The van der Waals surface area contributed by atoms with Gasteiger partial charge in [0.05, 0.1) is 33.3 Å². The number of sulfonamides is 1. The Hall–Kier alpha value is -3.56.